The van der Waals surface area contributed by atoms with Crippen LogP contribution in [0, 0.1) is 0 Å². The molecule has 12 heavy (non-hydrogen) atoms. The average molecular weight is 161 g/mol. The van der Waals surface area contributed by atoms with Gasteiger partial charge in [-0.15, -0.1) is 0 Å². The molecule has 2 bridgehead atoms. The van der Waals surface area contributed by atoms with E-state index >= 15 is 0 Å². The molecule has 2 aliphatic heterocycles. The van der Waals surface area contributed by atoms with Crippen molar-refractivity contribution in [2.24, 2.45) is 0 Å². The summed E-state index contributed by atoms with van der Waals surface area (Å²) in [7, 11) is 0. The van der Waals surface area contributed by atoms with Crippen molar-refractivity contribution in [2.45, 2.75) is 31.5 Å². The molecule has 0 saturated carbocycles. The molecular formula is C10H11NO. The van der Waals surface area contributed by atoms with Crippen molar-refractivity contribution < 1.29 is 4.74 Å². The van der Waals surface area contributed by atoms with E-state index in [1.807, 2.05) is 12.3 Å². The molecule has 0 spiro atoms. The van der Waals surface area contributed by atoms with Gasteiger partial charge in [0.1, 0.15) is 6.10 Å². The quantitative estimate of drug-likeness (QED) is 0.579. The van der Waals surface area contributed by atoms with Crippen molar-refractivity contribution in [1.82, 2.24) is 4.98 Å². The summed E-state index contributed by atoms with van der Waals surface area (Å²) in [5, 5.41) is 0. The maximum absolute atomic E-state index is 5.76. The number of hydrogen-bond donors (Lipinski definition) is 0. The van der Waals surface area contributed by atoms with Crippen LogP contribution in [0.25, 0.3) is 0 Å². The maximum Gasteiger partial charge on any atom is 0.100 e. The van der Waals surface area contributed by atoms with Crippen LogP contribution in [0.15, 0.2) is 18.3 Å². The summed E-state index contributed by atoms with van der Waals surface area (Å²) in [5.41, 5.74) is 2.59. The Labute approximate surface area is 71.6 Å². The monoisotopic (exact) mass is 161 g/mol. The first-order chi connectivity index (χ1) is 5.93. The fourth-order valence-corrected chi connectivity index (χ4v) is 2.22. The van der Waals surface area contributed by atoms with Crippen LogP contribution in [-0.2, 0) is 11.2 Å². The first-order valence-corrected chi connectivity index (χ1v) is 4.53. The van der Waals surface area contributed by atoms with Crippen molar-refractivity contribution in [1.29, 1.82) is 0 Å². The first-order valence-electron chi connectivity index (χ1n) is 4.53. The van der Waals surface area contributed by atoms with Crippen LogP contribution < -0.4 is 0 Å². The Kier molecular flexibility index (Phi) is 1.27. The molecule has 0 amide bonds. The van der Waals surface area contributed by atoms with E-state index < -0.39 is 0 Å². The lowest BCUT2D eigenvalue weighted by Crippen LogP contribution is -2.18. The van der Waals surface area contributed by atoms with E-state index in [2.05, 4.69) is 11.1 Å². The molecule has 0 N–H and O–H groups in total. The Hall–Kier alpha value is -0.890. The van der Waals surface area contributed by atoms with Gasteiger partial charge >= 0.3 is 0 Å². The summed E-state index contributed by atoms with van der Waals surface area (Å²) in [4.78, 5) is 4.37. The maximum atomic E-state index is 5.76. The minimum absolute atomic E-state index is 0.306. The van der Waals surface area contributed by atoms with Crippen LogP contribution >= 0.6 is 0 Å². The molecule has 3 rings (SSSR count). The van der Waals surface area contributed by atoms with Gasteiger partial charge in [-0.3, -0.25) is 4.98 Å². The van der Waals surface area contributed by atoms with E-state index in [1.165, 1.54) is 17.7 Å². The Balaban J connectivity index is 2.13. The summed E-state index contributed by atoms with van der Waals surface area (Å²) in [6, 6.07) is 4.19. The highest BCUT2D eigenvalue weighted by Crippen LogP contribution is 2.39. The molecule has 2 heteroatoms. The SMILES string of the molecule is c1cnc2c(c1)CC1CCC2O1. The molecule has 0 radical (unpaired) electrons. The zero-order valence-electron chi connectivity index (χ0n) is 6.86. The Bertz CT molecular complexity index is 310. The highest BCUT2D eigenvalue weighted by Gasteiger charge is 2.34. The molecule has 62 valence electrons. The third-order valence-electron chi connectivity index (χ3n) is 2.79. The van der Waals surface area contributed by atoms with Gasteiger partial charge in [-0.2, -0.15) is 0 Å². The molecule has 2 aliphatic rings. The van der Waals surface area contributed by atoms with Crippen molar-refractivity contribution in [2.75, 3.05) is 0 Å². The van der Waals surface area contributed by atoms with E-state index in [1.54, 1.807) is 0 Å². The fraction of sp³-hybridized carbons (Fsp3) is 0.500. The average Bonchev–Trinajstić information content (AvgIpc) is 2.49. The van der Waals surface area contributed by atoms with Crippen LogP contribution in [0.5, 0.6) is 0 Å². The predicted molar refractivity (Wildman–Crippen MR) is 44.8 cm³/mol. The second-order valence-corrected chi connectivity index (χ2v) is 3.58. The zero-order valence-corrected chi connectivity index (χ0v) is 6.86. The summed E-state index contributed by atoms with van der Waals surface area (Å²) in [5.74, 6) is 0. The van der Waals surface area contributed by atoms with Crippen LogP contribution in [0.3, 0.4) is 0 Å². The topological polar surface area (TPSA) is 22.1 Å². The summed E-state index contributed by atoms with van der Waals surface area (Å²) >= 11 is 0. The lowest BCUT2D eigenvalue weighted by atomic mass is 10.0. The van der Waals surface area contributed by atoms with E-state index in [-0.39, 0.29) is 0 Å². The number of rotatable bonds is 0. The van der Waals surface area contributed by atoms with Gasteiger partial charge in [0.2, 0.25) is 0 Å². The molecule has 2 nitrogen and oxygen atoms in total. The summed E-state index contributed by atoms with van der Waals surface area (Å²) in [6.07, 6.45) is 6.09. The molecule has 1 aromatic rings. The molecule has 2 atom stereocenters. The van der Waals surface area contributed by atoms with E-state index in [0.29, 0.717) is 12.2 Å². The second-order valence-electron chi connectivity index (χ2n) is 3.58. The number of aromatic nitrogens is 1. The zero-order chi connectivity index (χ0) is 7.97. The highest BCUT2D eigenvalue weighted by atomic mass is 16.5. The smallest absolute Gasteiger partial charge is 0.100 e. The van der Waals surface area contributed by atoms with E-state index in [4.69, 9.17) is 4.74 Å². The van der Waals surface area contributed by atoms with Crippen LogP contribution in [0.4, 0.5) is 0 Å². The third-order valence-corrected chi connectivity index (χ3v) is 2.79. The predicted octanol–water partition coefficient (Wildman–Crippen LogP) is 1.86. The number of fused-ring (bicyclic) bond motifs is 4. The van der Waals surface area contributed by atoms with Crippen molar-refractivity contribution in [3.63, 3.8) is 0 Å². The number of ether oxygens (including phenoxy) is 1. The molecule has 0 aliphatic carbocycles. The number of pyridine rings is 1. The van der Waals surface area contributed by atoms with E-state index in [0.717, 1.165) is 12.8 Å². The van der Waals surface area contributed by atoms with Gasteiger partial charge in [-0.05, 0) is 24.5 Å². The number of nitrogens with zero attached hydrogens (tertiary/aromatic N) is 1. The van der Waals surface area contributed by atoms with Crippen LogP contribution in [0.1, 0.15) is 30.2 Å². The Morgan fingerprint density at radius 3 is 3.42 bits per heavy atom. The van der Waals surface area contributed by atoms with Crippen molar-refractivity contribution >= 4 is 0 Å². The van der Waals surface area contributed by atoms with Gasteiger partial charge in [0.15, 0.2) is 0 Å². The van der Waals surface area contributed by atoms with E-state index in [9.17, 15) is 0 Å². The molecular weight excluding hydrogens is 150 g/mol. The normalized spacial score (nSPS) is 31.7. The fourth-order valence-electron chi connectivity index (χ4n) is 2.22. The number of hydrogen-bond acceptors (Lipinski definition) is 2. The first kappa shape index (κ1) is 6.61. The largest absolute Gasteiger partial charge is 0.368 e. The Morgan fingerprint density at radius 1 is 1.42 bits per heavy atom. The van der Waals surface area contributed by atoms with Crippen LogP contribution in [0.2, 0.25) is 0 Å². The minimum Gasteiger partial charge on any atom is -0.368 e. The third kappa shape index (κ3) is 0.815. The molecule has 1 saturated heterocycles. The lowest BCUT2D eigenvalue weighted by molar-refractivity contribution is 0.0294. The van der Waals surface area contributed by atoms with Gasteiger partial charge in [0, 0.05) is 12.6 Å². The van der Waals surface area contributed by atoms with Crippen LogP contribution in [-0.4, -0.2) is 11.1 Å². The van der Waals surface area contributed by atoms with Gasteiger partial charge in [0.05, 0.1) is 11.8 Å². The molecule has 0 aromatic carbocycles. The highest BCUT2D eigenvalue weighted by molar-refractivity contribution is 5.26. The molecule has 2 unspecified atom stereocenters. The molecule has 1 aromatic heterocycles. The molecule has 1 fully saturated rings. The standard InChI is InChI=1S/C10H11NO/c1-2-7-6-8-3-4-9(12-8)10(7)11-5-1/h1-2,5,8-9H,3-4,6H2. The summed E-state index contributed by atoms with van der Waals surface area (Å²) in [6.45, 7) is 0. The molecule has 3 heterocycles. The van der Waals surface area contributed by atoms with Gasteiger partial charge < -0.3 is 4.74 Å². The van der Waals surface area contributed by atoms with Crippen molar-refractivity contribution in [3.8, 4) is 0 Å². The minimum atomic E-state index is 0.306. The lowest BCUT2D eigenvalue weighted by Gasteiger charge is -2.22. The summed E-state index contributed by atoms with van der Waals surface area (Å²) < 4.78 is 5.76. The van der Waals surface area contributed by atoms with Crippen molar-refractivity contribution in [3.05, 3.63) is 29.6 Å². The van der Waals surface area contributed by atoms with Gasteiger partial charge in [-0.1, -0.05) is 6.07 Å². The second kappa shape index (κ2) is 2.30. The van der Waals surface area contributed by atoms with Gasteiger partial charge in [-0.25, -0.2) is 0 Å². The van der Waals surface area contributed by atoms with Gasteiger partial charge in [0.25, 0.3) is 0 Å². The Morgan fingerprint density at radius 2 is 2.42 bits per heavy atom.